The van der Waals surface area contributed by atoms with Gasteiger partial charge in [-0.15, -0.1) is 11.6 Å². The van der Waals surface area contributed by atoms with Crippen LogP contribution in [0.5, 0.6) is 0 Å². The van der Waals surface area contributed by atoms with Crippen LogP contribution >= 0.6 is 11.6 Å². The van der Waals surface area contributed by atoms with Gasteiger partial charge in [-0.25, -0.2) is 4.39 Å². The number of amides is 1. The van der Waals surface area contributed by atoms with E-state index in [4.69, 9.17) is 11.6 Å². The van der Waals surface area contributed by atoms with E-state index < -0.39 is 0 Å². The molecule has 1 fully saturated rings. The first kappa shape index (κ1) is 15.3. The van der Waals surface area contributed by atoms with Crippen LogP contribution in [0.15, 0.2) is 18.2 Å². The Hall–Kier alpha value is -1.09. The summed E-state index contributed by atoms with van der Waals surface area (Å²) in [5.74, 6) is 0.122. The minimum atomic E-state index is -0.316. The number of nitrogens with one attached hydrogen (secondary N) is 1. The van der Waals surface area contributed by atoms with Gasteiger partial charge in [-0.05, 0) is 43.5 Å². The number of rotatable bonds is 4. The molecule has 0 atom stereocenters. The zero-order valence-electron chi connectivity index (χ0n) is 11.8. The Morgan fingerprint density at radius 1 is 1.35 bits per heavy atom. The van der Waals surface area contributed by atoms with Crippen LogP contribution in [-0.4, -0.2) is 18.3 Å². The minimum absolute atomic E-state index is 0.0312. The number of alkyl halides is 1. The Labute approximate surface area is 124 Å². The molecular formula is C16H21ClFNO. The highest BCUT2D eigenvalue weighted by atomic mass is 35.5. The largest absolute Gasteiger partial charge is 0.351 e. The molecule has 2 rings (SSSR count). The van der Waals surface area contributed by atoms with Gasteiger partial charge in [0.25, 0.3) is 5.91 Å². The predicted octanol–water partition coefficient (Wildman–Crippen LogP) is 4.05. The van der Waals surface area contributed by atoms with Crippen molar-refractivity contribution in [3.8, 4) is 0 Å². The quantitative estimate of drug-likeness (QED) is 0.835. The zero-order chi connectivity index (χ0) is 14.6. The van der Waals surface area contributed by atoms with E-state index in [1.807, 2.05) is 0 Å². The molecule has 1 aromatic carbocycles. The van der Waals surface area contributed by atoms with Crippen LogP contribution in [0.1, 0.15) is 48.0 Å². The van der Waals surface area contributed by atoms with E-state index in [1.165, 1.54) is 37.5 Å². The van der Waals surface area contributed by atoms with E-state index in [0.29, 0.717) is 23.6 Å². The van der Waals surface area contributed by atoms with Crippen LogP contribution in [-0.2, 0) is 0 Å². The van der Waals surface area contributed by atoms with E-state index in [-0.39, 0.29) is 17.1 Å². The van der Waals surface area contributed by atoms with E-state index in [2.05, 4.69) is 5.32 Å². The highest BCUT2D eigenvalue weighted by Crippen LogP contribution is 2.36. The molecule has 0 unspecified atom stereocenters. The normalized spacial score (nSPS) is 17.8. The van der Waals surface area contributed by atoms with Crippen molar-refractivity contribution >= 4 is 17.5 Å². The molecule has 1 amide bonds. The molecule has 0 radical (unpaired) electrons. The summed E-state index contributed by atoms with van der Waals surface area (Å²) in [5, 5.41) is 2.97. The lowest BCUT2D eigenvalue weighted by Gasteiger charge is -2.35. The molecule has 1 saturated carbocycles. The van der Waals surface area contributed by atoms with Crippen LogP contribution in [0.2, 0.25) is 0 Å². The fraction of sp³-hybridized carbons (Fsp3) is 0.562. The molecule has 1 aromatic rings. The highest BCUT2D eigenvalue weighted by molar-refractivity contribution is 6.18. The number of carbonyl (C=O) groups excluding carboxylic acids is 1. The zero-order valence-corrected chi connectivity index (χ0v) is 12.6. The van der Waals surface area contributed by atoms with Crippen molar-refractivity contribution < 1.29 is 9.18 Å². The first-order chi connectivity index (χ1) is 9.56. The molecule has 0 bridgehead atoms. The van der Waals surface area contributed by atoms with Gasteiger partial charge in [-0.1, -0.05) is 19.3 Å². The first-order valence-electron chi connectivity index (χ1n) is 7.17. The van der Waals surface area contributed by atoms with Crippen LogP contribution < -0.4 is 5.32 Å². The second-order valence-electron chi connectivity index (χ2n) is 5.84. The van der Waals surface area contributed by atoms with Crippen LogP contribution in [0.4, 0.5) is 4.39 Å². The third-order valence-electron chi connectivity index (χ3n) is 4.25. The van der Waals surface area contributed by atoms with Crippen molar-refractivity contribution in [2.45, 2.75) is 39.0 Å². The summed E-state index contributed by atoms with van der Waals surface area (Å²) in [6.45, 7) is 2.35. The molecule has 0 spiro atoms. The van der Waals surface area contributed by atoms with E-state index in [1.54, 1.807) is 6.92 Å². The maximum atomic E-state index is 13.1. The summed E-state index contributed by atoms with van der Waals surface area (Å²) in [6.07, 6.45) is 5.75. The molecule has 20 heavy (non-hydrogen) atoms. The molecular weight excluding hydrogens is 277 g/mol. The van der Waals surface area contributed by atoms with Gasteiger partial charge >= 0.3 is 0 Å². The third-order valence-corrected chi connectivity index (χ3v) is 4.82. The smallest absolute Gasteiger partial charge is 0.251 e. The number of carbonyl (C=O) groups is 1. The van der Waals surface area contributed by atoms with Crippen molar-refractivity contribution in [1.82, 2.24) is 5.32 Å². The molecule has 1 aliphatic rings. The van der Waals surface area contributed by atoms with Crippen LogP contribution in [0.25, 0.3) is 0 Å². The van der Waals surface area contributed by atoms with Gasteiger partial charge in [-0.3, -0.25) is 4.79 Å². The first-order valence-corrected chi connectivity index (χ1v) is 7.70. The molecule has 1 aliphatic carbocycles. The van der Waals surface area contributed by atoms with Crippen LogP contribution in [0.3, 0.4) is 0 Å². The Morgan fingerprint density at radius 3 is 2.65 bits per heavy atom. The fourth-order valence-corrected chi connectivity index (χ4v) is 3.27. The lowest BCUT2D eigenvalue weighted by atomic mass is 9.75. The van der Waals surface area contributed by atoms with Crippen LogP contribution in [0, 0.1) is 18.2 Å². The number of halogens is 2. The average molecular weight is 298 g/mol. The Bertz CT molecular complexity index is 483. The van der Waals surface area contributed by atoms with E-state index in [9.17, 15) is 9.18 Å². The van der Waals surface area contributed by atoms with Gasteiger partial charge in [0, 0.05) is 23.4 Å². The second-order valence-corrected chi connectivity index (χ2v) is 6.10. The SMILES string of the molecule is Cc1cc(F)ccc1C(=O)NCC1(CCl)CCCCC1. The van der Waals surface area contributed by atoms with Crippen molar-refractivity contribution in [2.75, 3.05) is 12.4 Å². The molecule has 2 nitrogen and oxygen atoms in total. The number of aryl methyl sites for hydroxylation is 1. The summed E-state index contributed by atoms with van der Waals surface area (Å²) in [6, 6.07) is 4.24. The van der Waals surface area contributed by atoms with E-state index >= 15 is 0 Å². The van der Waals surface area contributed by atoms with Gasteiger partial charge in [0.05, 0.1) is 0 Å². The molecule has 0 aromatic heterocycles. The van der Waals surface area contributed by atoms with Gasteiger partial charge in [0.1, 0.15) is 5.82 Å². The molecule has 4 heteroatoms. The van der Waals surface area contributed by atoms with Gasteiger partial charge in [0.15, 0.2) is 0 Å². The second kappa shape index (κ2) is 6.57. The average Bonchev–Trinajstić information content (AvgIpc) is 2.46. The maximum absolute atomic E-state index is 13.1. The van der Waals surface area contributed by atoms with Gasteiger partial charge < -0.3 is 5.32 Å². The number of benzene rings is 1. The molecule has 1 N–H and O–H groups in total. The Kier molecular flexibility index (Phi) is 5.03. The summed E-state index contributed by atoms with van der Waals surface area (Å²) >= 11 is 6.12. The number of hydrogen-bond acceptors (Lipinski definition) is 1. The lowest BCUT2D eigenvalue weighted by Crippen LogP contribution is -2.40. The summed E-state index contributed by atoms with van der Waals surface area (Å²) < 4.78 is 13.1. The summed E-state index contributed by atoms with van der Waals surface area (Å²) in [4.78, 5) is 12.2. The van der Waals surface area contributed by atoms with Gasteiger partial charge in [-0.2, -0.15) is 0 Å². The third kappa shape index (κ3) is 3.51. The minimum Gasteiger partial charge on any atom is -0.351 e. The molecule has 0 aliphatic heterocycles. The lowest BCUT2D eigenvalue weighted by molar-refractivity contribution is 0.0920. The summed E-state index contributed by atoms with van der Waals surface area (Å²) in [5.41, 5.74) is 1.22. The maximum Gasteiger partial charge on any atom is 0.251 e. The van der Waals surface area contributed by atoms with Crippen molar-refractivity contribution in [3.05, 3.63) is 35.1 Å². The van der Waals surface area contributed by atoms with Crippen molar-refractivity contribution in [3.63, 3.8) is 0 Å². The highest BCUT2D eigenvalue weighted by Gasteiger charge is 2.31. The Balaban J connectivity index is 2.00. The van der Waals surface area contributed by atoms with Crippen molar-refractivity contribution in [2.24, 2.45) is 5.41 Å². The summed E-state index contributed by atoms with van der Waals surface area (Å²) in [7, 11) is 0. The van der Waals surface area contributed by atoms with Gasteiger partial charge in [0.2, 0.25) is 0 Å². The fourth-order valence-electron chi connectivity index (χ4n) is 2.90. The molecule has 0 heterocycles. The Morgan fingerprint density at radius 2 is 2.05 bits per heavy atom. The predicted molar refractivity (Wildman–Crippen MR) is 79.7 cm³/mol. The standard InChI is InChI=1S/C16H21ClFNO/c1-12-9-13(18)5-6-14(12)15(20)19-11-16(10-17)7-3-2-4-8-16/h5-6,9H,2-4,7-8,10-11H2,1H3,(H,19,20). The van der Waals surface area contributed by atoms with E-state index in [0.717, 1.165) is 12.8 Å². The topological polar surface area (TPSA) is 29.1 Å². The molecule has 0 saturated heterocycles. The molecule has 110 valence electrons. The number of hydrogen-bond donors (Lipinski definition) is 1. The monoisotopic (exact) mass is 297 g/mol. The van der Waals surface area contributed by atoms with Crippen molar-refractivity contribution in [1.29, 1.82) is 0 Å².